The number of rotatable bonds is 5. The molecule has 0 aliphatic heterocycles. The van der Waals surface area contributed by atoms with Crippen molar-refractivity contribution in [1.29, 1.82) is 0 Å². The zero-order valence-corrected chi connectivity index (χ0v) is 11.6. The van der Waals surface area contributed by atoms with Gasteiger partial charge in [0, 0.05) is 24.7 Å². The van der Waals surface area contributed by atoms with Crippen molar-refractivity contribution >= 4 is 23.3 Å². The van der Waals surface area contributed by atoms with E-state index in [1.165, 1.54) is 11.1 Å². The molecule has 0 bridgehead atoms. The van der Waals surface area contributed by atoms with E-state index in [2.05, 4.69) is 21.4 Å². The Hall–Kier alpha value is -1.95. The summed E-state index contributed by atoms with van der Waals surface area (Å²) < 4.78 is 0. The van der Waals surface area contributed by atoms with E-state index in [0.29, 0.717) is 11.6 Å². The number of aryl methyl sites for hydroxylation is 1. The summed E-state index contributed by atoms with van der Waals surface area (Å²) >= 11 is 1.72. The molecule has 2 aromatic heterocycles. The highest BCUT2D eigenvalue weighted by Crippen LogP contribution is 2.13. The molecule has 0 atom stereocenters. The van der Waals surface area contributed by atoms with Gasteiger partial charge in [0.2, 0.25) is 5.95 Å². The van der Waals surface area contributed by atoms with Crippen molar-refractivity contribution in [1.82, 2.24) is 9.97 Å². The van der Waals surface area contributed by atoms with Gasteiger partial charge in [0.1, 0.15) is 0 Å². The van der Waals surface area contributed by atoms with Crippen LogP contribution < -0.4 is 4.90 Å². The highest BCUT2D eigenvalue weighted by Gasteiger charge is 2.12. The normalized spacial score (nSPS) is 10.4. The minimum atomic E-state index is -0.995. The van der Waals surface area contributed by atoms with Crippen LogP contribution in [0.15, 0.2) is 23.7 Å². The molecule has 2 rings (SSSR count). The number of thiophene rings is 1. The first-order valence-electron chi connectivity index (χ1n) is 5.88. The SMILES string of the molecule is Cc1nc(N(C)CCc2cccs2)ncc1C(=O)O. The summed E-state index contributed by atoms with van der Waals surface area (Å²) in [5, 5.41) is 11.0. The number of hydrogen-bond acceptors (Lipinski definition) is 5. The monoisotopic (exact) mass is 277 g/mol. The van der Waals surface area contributed by atoms with Crippen LogP contribution >= 0.6 is 11.3 Å². The van der Waals surface area contributed by atoms with E-state index in [1.54, 1.807) is 18.3 Å². The molecule has 2 heterocycles. The van der Waals surface area contributed by atoms with Gasteiger partial charge in [-0.3, -0.25) is 0 Å². The van der Waals surface area contributed by atoms with E-state index in [4.69, 9.17) is 5.11 Å². The van der Waals surface area contributed by atoms with Crippen molar-refractivity contribution in [2.75, 3.05) is 18.5 Å². The van der Waals surface area contributed by atoms with Crippen LogP contribution in [0.25, 0.3) is 0 Å². The first-order chi connectivity index (χ1) is 9.08. The lowest BCUT2D eigenvalue weighted by Crippen LogP contribution is -2.23. The summed E-state index contributed by atoms with van der Waals surface area (Å²) in [6.07, 6.45) is 2.29. The maximum Gasteiger partial charge on any atom is 0.339 e. The number of carboxylic acids is 1. The van der Waals surface area contributed by atoms with Crippen molar-refractivity contribution in [3.63, 3.8) is 0 Å². The maximum atomic E-state index is 10.9. The Labute approximate surface area is 115 Å². The van der Waals surface area contributed by atoms with Crippen LogP contribution in [-0.4, -0.2) is 34.6 Å². The molecular weight excluding hydrogens is 262 g/mol. The van der Waals surface area contributed by atoms with E-state index in [0.717, 1.165) is 13.0 Å². The van der Waals surface area contributed by atoms with Crippen LogP contribution in [-0.2, 0) is 6.42 Å². The van der Waals surface area contributed by atoms with E-state index in [9.17, 15) is 4.79 Å². The van der Waals surface area contributed by atoms with Gasteiger partial charge in [-0.1, -0.05) is 6.07 Å². The van der Waals surface area contributed by atoms with Crippen LogP contribution in [0.3, 0.4) is 0 Å². The molecule has 1 N–H and O–H groups in total. The average molecular weight is 277 g/mol. The summed E-state index contributed by atoms with van der Waals surface area (Å²) in [5.74, 6) is -0.440. The van der Waals surface area contributed by atoms with Crippen molar-refractivity contribution in [2.45, 2.75) is 13.3 Å². The fourth-order valence-electron chi connectivity index (χ4n) is 1.68. The van der Waals surface area contributed by atoms with Gasteiger partial charge < -0.3 is 10.0 Å². The number of aromatic nitrogens is 2. The second-order valence-electron chi connectivity index (χ2n) is 4.23. The largest absolute Gasteiger partial charge is 0.478 e. The van der Waals surface area contributed by atoms with Gasteiger partial charge in [-0.15, -0.1) is 11.3 Å². The van der Waals surface area contributed by atoms with E-state index in [1.807, 2.05) is 18.0 Å². The van der Waals surface area contributed by atoms with Crippen molar-refractivity contribution < 1.29 is 9.90 Å². The quantitative estimate of drug-likeness (QED) is 0.907. The van der Waals surface area contributed by atoms with Crippen molar-refractivity contribution in [3.05, 3.63) is 39.8 Å². The van der Waals surface area contributed by atoms with Gasteiger partial charge in [0.05, 0.1) is 11.3 Å². The summed E-state index contributed by atoms with van der Waals surface area (Å²) in [6, 6.07) is 4.13. The zero-order chi connectivity index (χ0) is 13.8. The highest BCUT2D eigenvalue weighted by atomic mass is 32.1. The van der Waals surface area contributed by atoms with Crippen molar-refractivity contribution in [2.24, 2.45) is 0 Å². The molecule has 0 radical (unpaired) electrons. The predicted octanol–water partition coefficient (Wildman–Crippen LogP) is 2.22. The van der Waals surface area contributed by atoms with Crippen LogP contribution in [0.1, 0.15) is 20.9 Å². The molecule has 19 heavy (non-hydrogen) atoms. The molecule has 0 amide bonds. The molecule has 0 aliphatic carbocycles. The van der Waals surface area contributed by atoms with Gasteiger partial charge in [-0.25, -0.2) is 14.8 Å². The molecule has 0 saturated carbocycles. The smallest absolute Gasteiger partial charge is 0.339 e. The highest BCUT2D eigenvalue weighted by molar-refractivity contribution is 7.09. The van der Waals surface area contributed by atoms with E-state index < -0.39 is 5.97 Å². The molecule has 2 aromatic rings. The van der Waals surface area contributed by atoms with E-state index in [-0.39, 0.29) is 5.56 Å². The van der Waals surface area contributed by atoms with Crippen LogP contribution in [0.5, 0.6) is 0 Å². The average Bonchev–Trinajstić information content (AvgIpc) is 2.88. The lowest BCUT2D eigenvalue weighted by atomic mass is 10.2. The van der Waals surface area contributed by atoms with E-state index >= 15 is 0 Å². The summed E-state index contributed by atoms with van der Waals surface area (Å²) in [5.41, 5.74) is 0.635. The Bertz CT molecular complexity index is 569. The summed E-state index contributed by atoms with van der Waals surface area (Å²) in [7, 11) is 1.91. The van der Waals surface area contributed by atoms with Crippen LogP contribution in [0.2, 0.25) is 0 Å². The minimum Gasteiger partial charge on any atom is -0.478 e. The molecule has 0 unspecified atom stereocenters. The van der Waals surface area contributed by atoms with Gasteiger partial charge in [0.15, 0.2) is 0 Å². The number of nitrogens with zero attached hydrogens (tertiary/aromatic N) is 3. The van der Waals surface area contributed by atoms with Crippen LogP contribution in [0, 0.1) is 6.92 Å². The number of hydrogen-bond donors (Lipinski definition) is 1. The summed E-state index contributed by atoms with van der Waals surface area (Å²) in [6.45, 7) is 2.48. The number of carboxylic acid groups (broad SMARTS) is 1. The fourth-order valence-corrected chi connectivity index (χ4v) is 2.38. The first kappa shape index (κ1) is 13.5. The molecule has 0 spiro atoms. The molecule has 5 nitrogen and oxygen atoms in total. The Balaban J connectivity index is 2.05. The Kier molecular flexibility index (Phi) is 4.11. The lowest BCUT2D eigenvalue weighted by Gasteiger charge is -2.17. The Morgan fingerprint density at radius 2 is 2.32 bits per heavy atom. The molecule has 0 aliphatic rings. The van der Waals surface area contributed by atoms with Crippen LogP contribution in [0.4, 0.5) is 5.95 Å². The second-order valence-corrected chi connectivity index (χ2v) is 5.26. The Morgan fingerprint density at radius 3 is 2.89 bits per heavy atom. The third-order valence-corrected chi connectivity index (χ3v) is 3.75. The van der Waals surface area contributed by atoms with Crippen molar-refractivity contribution in [3.8, 4) is 0 Å². The predicted molar refractivity (Wildman–Crippen MR) is 75.0 cm³/mol. The second kappa shape index (κ2) is 5.79. The first-order valence-corrected chi connectivity index (χ1v) is 6.76. The number of aromatic carboxylic acids is 1. The van der Waals surface area contributed by atoms with Gasteiger partial charge in [-0.05, 0) is 24.8 Å². The minimum absolute atomic E-state index is 0.149. The molecule has 6 heteroatoms. The fraction of sp³-hybridized carbons (Fsp3) is 0.308. The number of anilines is 1. The maximum absolute atomic E-state index is 10.9. The lowest BCUT2D eigenvalue weighted by molar-refractivity contribution is 0.0695. The number of likely N-dealkylation sites (N-methyl/N-ethyl adjacent to an activating group) is 1. The topological polar surface area (TPSA) is 66.3 Å². The Morgan fingerprint density at radius 1 is 1.53 bits per heavy atom. The molecule has 0 saturated heterocycles. The molecular formula is C13H15N3O2S. The standard InChI is InChI=1S/C13H15N3O2S/c1-9-11(12(17)18)8-14-13(15-9)16(2)6-5-10-4-3-7-19-10/h3-4,7-8H,5-6H2,1-2H3,(H,17,18). The zero-order valence-electron chi connectivity index (χ0n) is 10.8. The van der Waals surface area contributed by atoms with Gasteiger partial charge in [0.25, 0.3) is 0 Å². The number of carbonyl (C=O) groups is 1. The molecule has 0 aromatic carbocycles. The third-order valence-electron chi connectivity index (χ3n) is 2.81. The summed E-state index contributed by atoms with van der Waals surface area (Å²) in [4.78, 5) is 22.5. The molecule has 0 fully saturated rings. The third kappa shape index (κ3) is 3.29. The van der Waals surface area contributed by atoms with Gasteiger partial charge in [-0.2, -0.15) is 0 Å². The van der Waals surface area contributed by atoms with Gasteiger partial charge >= 0.3 is 5.97 Å². The molecule has 100 valence electrons.